The zero-order chi connectivity index (χ0) is 14.7. The van der Waals surface area contributed by atoms with Crippen LogP contribution in [-0.2, 0) is 12.8 Å². The molecule has 2 atom stereocenters. The molecule has 0 saturated heterocycles. The SMILES string of the molecule is NC(Cc1ccccc1F)CC1CCCc2ccccc21. The Hall–Kier alpha value is -1.67. The maximum absolute atomic E-state index is 13.7. The maximum atomic E-state index is 13.7. The Balaban J connectivity index is 1.69. The number of benzene rings is 2. The van der Waals surface area contributed by atoms with Crippen LogP contribution in [0.5, 0.6) is 0 Å². The number of rotatable bonds is 4. The molecule has 2 N–H and O–H groups in total. The Bertz CT molecular complexity index is 608. The van der Waals surface area contributed by atoms with Crippen molar-refractivity contribution in [1.82, 2.24) is 0 Å². The van der Waals surface area contributed by atoms with Gasteiger partial charge in [-0.25, -0.2) is 4.39 Å². The minimum atomic E-state index is -0.142. The van der Waals surface area contributed by atoms with E-state index in [9.17, 15) is 4.39 Å². The van der Waals surface area contributed by atoms with Gasteiger partial charge in [0.25, 0.3) is 0 Å². The largest absolute Gasteiger partial charge is 0.327 e. The van der Waals surface area contributed by atoms with Gasteiger partial charge in [-0.15, -0.1) is 0 Å². The summed E-state index contributed by atoms with van der Waals surface area (Å²) in [6.07, 6.45) is 5.15. The van der Waals surface area contributed by atoms with Crippen LogP contribution in [0, 0.1) is 5.82 Å². The van der Waals surface area contributed by atoms with Crippen molar-refractivity contribution < 1.29 is 4.39 Å². The monoisotopic (exact) mass is 283 g/mol. The summed E-state index contributed by atoms with van der Waals surface area (Å²) in [5, 5.41) is 0. The van der Waals surface area contributed by atoms with E-state index in [0.29, 0.717) is 12.3 Å². The van der Waals surface area contributed by atoms with Crippen molar-refractivity contribution in [3.05, 3.63) is 71.0 Å². The molecule has 2 heteroatoms. The molecule has 2 aromatic carbocycles. The number of nitrogens with two attached hydrogens (primary N) is 1. The van der Waals surface area contributed by atoms with Gasteiger partial charge in [0.15, 0.2) is 0 Å². The Morgan fingerprint density at radius 2 is 1.86 bits per heavy atom. The van der Waals surface area contributed by atoms with Crippen molar-refractivity contribution in [1.29, 1.82) is 0 Å². The number of hydrogen-bond donors (Lipinski definition) is 1. The van der Waals surface area contributed by atoms with Crippen molar-refractivity contribution in [2.75, 3.05) is 0 Å². The highest BCUT2D eigenvalue weighted by molar-refractivity contribution is 5.32. The van der Waals surface area contributed by atoms with Crippen molar-refractivity contribution in [3.8, 4) is 0 Å². The molecule has 0 saturated carbocycles. The van der Waals surface area contributed by atoms with Gasteiger partial charge in [0.1, 0.15) is 5.82 Å². The fraction of sp³-hybridized carbons (Fsp3) is 0.368. The molecule has 0 aromatic heterocycles. The molecule has 0 bridgehead atoms. The average molecular weight is 283 g/mol. The second-order valence-electron chi connectivity index (χ2n) is 6.08. The first-order valence-corrected chi connectivity index (χ1v) is 7.81. The summed E-state index contributed by atoms with van der Waals surface area (Å²) >= 11 is 0. The summed E-state index contributed by atoms with van der Waals surface area (Å²) in [4.78, 5) is 0. The van der Waals surface area contributed by atoms with Crippen LogP contribution in [0.2, 0.25) is 0 Å². The van der Waals surface area contributed by atoms with Crippen LogP contribution >= 0.6 is 0 Å². The quantitative estimate of drug-likeness (QED) is 0.894. The normalized spacial score (nSPS) is 19.0. The highest BCUT2D eigenvalue weighted by Crippen LogP contribution is 2.34. The van der Waals surface area contributed by atoms with E-state index in [1.807, 2.05) is 12.1 Å². The molecule has 2 aromatic rings. The van der Waals surface area contributed by atoms with E-state index in [-0.39, 0.29) is 11.9 Å². The lowest BCUT2D eigenvalue weighted by Gasteiger charge is -2.27. The third-order valence-corrected chi connectivity index (χ3v) is 4.52. The van der Waals surface area contributed by atoms with Gasteiger partial charge in [0.2, 0.25) is 0 Å². The third kappa shape index (κ3) is 3.33. The first-order valence-electron chi connectivity index (χ1n) is 7.81. The summed E-state index contributed by atoms with van der Waals surface area (Å²) < 4.78 is 13.7. The molecule has 0 spiro atoms. The van der Waals surface area contributed by atoms with Crippen molar-refractivity contribution in [2.24, 2.45) is 5.73 Å². The van der Waals surface area contributed by atoms with Gasteiger partial charge in [0, 0.05) is 6.04 Å². The van der Waals surface area contributed by atoms with E-state index < -0.39 is 0 Å². The zero-order valence-electron chi connectivity index (χ0n) is 12.3. The minimum absolute atomic E-state index is 0.0121. The van der Waals surface area contributed by atoms with Crippen LogP contribution in [0.15, 0.2) is 48.5 Å². The lowest BCUT2D eigenvalue weighted by atomic mass is 9.79. The second-order valence-corrected chi connectivity index (χ2v) is 6.08. The van der Waals surface area contributed by atoms with Crippen LogP contribution in [0.3, 0.4) is 0 Å². The van der Waals surface area contributed by atoms with Crippen molar-refractivity contribution in [3.63, 3.8) is 0 Å². The number of halogens is 1. The fourth-order valence-corrected chi connectivity index (χ4v) is 3.49. The summed E-state index contributed by atoms with van der Waals surface area (Å²) in [6, 6.07) is 15.6. The Labute approximate surface area is 126 Å². The summed E-state index contributed by atoms with van der Waals surface area (Å²) in [7, 11) is 0. The summed E-state index contributed by atoms with van der Waals surface area (Å²) in [5.41, 5.74) is 9.94. The van der Waals surface area contributed by atoms with E-state index in [0.717, 1.165) is 12.0 Å². The van der Waals surface area contributed by atoms with Crippen LogP contribution in [0.25, 0.3) is 0 Å². The van der Waals surface area contributed by atoms with E-state index in [4.69, 9.17) is 5.73 Å². The number of hydrogen-bond acceptors (Lipinski definition) is 1. The Kier molecular flexibility index (Phi) is 4.35. The van der Waals surface area contributed by atoms with Crippen LogP contribution < -0.4 is 5.73 Å². The molecular formula is C19H22FN. The van der Waals surface area contributed by atoms with Gasteiger partial charge in [-0.05, 0) is 60.8 Å². The van der Waals surface area contributed by atoms with Gasteiger partial charge in [-0.2, -0.15) is 0 Å². The topological polar surface area (TPSA) is 26.0 Å². The number of fused-ring (bicyclic) bond motifs is 1. The van der Waals surface area contributed by atoms with Gasteiger partial charge in [-0.1, -0.05) is 42.5 Å². The average Bonchev–Trinajstić information content (AvgIpc) is 2.50. The van der Waals surface area contributed by atoms with Gasteiger partial charge >= 0.3 is 0 Å². The third-order valence-electron chi connectivity index (χ3n) is 4.52. The maximum Gasteiger partial charge on any atom is 0.126 e. The lowest BCUT2D eigenvalue weighted by molar-refractivity contribution is 0.461. The van der Waals surface area contributed by atoms with Gasteiger partial charge < -0.3 is 5.73 Å². The molecular weight excluding hydrogens is 261 g/mol. The first-order chi connectivity index (χ1) is 10.2. The smallest absolute Gasteiger partial charge is 0.126 e. The summed E-state index contributed by atoms with van der Waals surface area (Å²) in [6.45, 7) is 0. The predicted molar refractivity (Wildman–Crippen MR) is 84.8 cm³/mol. The molecule has 21 heavy (non-hydrogen) atoms. The van der Waals surface area contributed by atoms with Crippen LogP contribution in [0.1, 0.15) is 41.9 Å². The second kappa shape index (κ2) is 6.40. The molecule has 0 fully saturated rings. The molecule has 0 radical (unpaired) electrons. The molecule has 1 nitrogen and oxygen atoms in total. The van der Waals surface area contributed by atoms with E-state index in [1.54, 1.807) is 6.07 Å². The Morgan fingerprint density at radius 3 is 2.71 bits per heavy atom. The first kappa shape index (κ1) is 14.3. The highest BCUT2D eigenvalue weighted by Gasteiger charge is 2.22. The molecule has 0 aliphatic heterocycles. The molecule has 0 heterocycles. The van der Waals surface area contributed by atoms with Crippen molar-refractivity contribution in [2.45, 2.75) is 44.1 Å². The van der Waals surface area contributed by atoms with Gasteiger partial charge in [0.05, 0.1) is 0 Å². The minimum Gasteiger partial charge on any atom is -0.327 e. The van der Waals surface area contributed by atoms with Crippen LogP contribution in [-0.4, -0.2) is 6.04 Å². The molecule has 1 aliphatic carbocycles. The van der Waals surface area contributed by atoms with Gasteiger partial charge in [-0.3, -0.25) is 0 Å². The van der Waals surface area contributed by atoms with E-state index in [2.05, 4.69) is 24.3 Å². The highest BCUT2D eigenvalue weighted by atomic mass is 19.1. The van der Waals surface area contributed by atoms with Crippen molar-refractivity contribution >= 4 is 0 Å². The summed E-state index contributed by atoms with van der Waals surface area (Å²) in [5.74, 6) is 0.383. The molecule has 0 amide bonds. The standard InChI is InChI=1S/C19H22FN/c20-19-11-4-2-7-16(19)13-17(21)12-15-9-5-8-14-6-1-3-10-18(14)15/h1-4,6-7,10-11,15,17H,5,8-9,12-13,21H2. The van der Waals surface area contributed by atoms with E-state index >= 15 is 0 Å². The molecule has 2 unspecified atom stereocenters. The predicted octanol–water partition coefficient (Wildman–Crippen LogP) is 4.21. The van der Waals surface area contributed by atoms with Crippen LogP contribution in [0.4, 0.5) is 4.39 Å². The molecule has 3 rings (SSSR count). The number of aryl methyl sites for hydroxylation is 1. The lowest BCUT2D eigenvalue weighted by Crippen LogP contribution is -2.27. The molecule has 110 valence electrons. The molecule has 1 aliphatic rings. The zero-order valence-corrected chi connectivity index (χ0v) is 12.3. The Morgan fingerprint density at radius 1 is 1.10 bits per heavy atom. The fourth-order valence-electron chi connectivity index (χ4n) is 3.49. The van der Waals surface area contributed by atoms with E-state index in [1.165, 1.54) is 36.5 Å².